The van der Waals surface area contributed by atoms with Crippen LogP contribution in [-0.2, 0) is 4.79 Å². The van der Waals surface area contributed by atoms with Gasteiger partial charge in [0.15, 0.2) is 0 Å². The molecule has 0 spiro atoms. The van der Waals surface area contributed by atoms with Crippen LogP contribution in [0.15, 0.2) is 15.8 Å². The van der Waals surface area contributed by atoms with E-state index >= 15 is 0 Å². The van der Waals surface area contributed by atoms with Gasteiger partial charge in [0.05, 0.1) is 6.20 Å². The molecule has 0 fully saturated rings. The number of hydrogen-bond acceptors (Lipinski definition) is 4. The lowest BCUT2D eigenvalue weighted by Gasteiger charge is -1.99. The van der Waals surface area contributed by atoms with E-state index in [1.54, 1.807) is 0 Å². The summed E-state index contributed by atoms with van der Waals surface area (Å²) < 4.78 is 0.643. The van der Waals surface area contributed by atoms with Crippen molar-refractivity contribution >= 4 is 6.47 Å². The van der Waals surface area contributed by atoms with E-state index in [-0.39, 0.29) is 12.0 Å². The van der Waals surface area contributed by atoms with Crippen LogP contribution in [-0.4, -0.2) is 16.2 Å². The molecule has 0 saturated carbocycles. The summed E-state index contributed by atoms with van der Waals surface area (Å²) in [5.74, 6) is 0. The van der Waals surface area contributed by atoms with Crippen LogP contribution in [0.2, 0.25) is 0 Å². The van der Waals surface area contributed by atoms with Crippen LogP contribution in [0.1, 0.15) is 5.56 Å². The van der Waals surface area contributed by atoms with Gasteiger partial charge >= 0.3 is 12.2 Å². The summed E-state index contributed by atoms with van der Waals surface area (Å²) in [6.45, 7) is 1.59. The second kappa shape index (κ2) is 3.04. The lowest BCUT2D eigenvalue weighted by molar-refractivity contribution is -0.129. The van der Waals surface area contributed by atoms with E-state index < -0.39 is 11.2 Å². The lowest BCUT2D eigenvalue weighted by atomic mass is 10.4. The first-order valence-electron chi connectivity index (χ1n) is 3.08. The Morgan fingerprint density at radius 2 is 2.25 bits per heavy atom. The molecule has 0 bridgehead atoms. The Labute approximate surface area is 66.4 Å². The predicted octanol–water partition coefficient (Wildman–Crippen LogP) is -1.57. The number of H-pyrrole nitrogens is 1. The summed E-state index contributed by atoms with van der Waals surface area (Å²) in [5.41, 5.74) is -0.986. The summed E-state index contributed by atoms with van der Waals surface area (Å²) in [4.78, 5) is 37.6. The van der Waals surface area contributed by atoms with Gasteiger partial charge in [-0.1, -0.05) is 0 Å². The number of nitrogens with zero attached hydrogens (tertiary/aromatic N) is 1. The molecule has 0 aromatic carbocycles. The molecular formula is C6H6N2O4. The maximum atomic E-state index is 10.8. The Bertz CT molecular complexity index is 403. The normalized spacial score (nSPS) is 9.42. The van der Waals surface area contributed by atoms with Gasteiger partial charge in [-0.15, -0.1) is 4.73 Å². The first-order valence-corrected chi connectivity index (χ1v) is 3.08. The second-order valence-electron chi connectivity index (χ2n) is 2.10. The van der Waals surface area contributed by atoms with E-state index in [0.717, 1.165) is 6.20 Å². The smallest absolute Gasteiger partial charge is 0.336 e. The number of nitrogens with one attached hydrogen (secondary N) is 1. The molecular weight excluding hydrogens is 164 g/mol. The van der Waals surface area contributed by atoms with Crippen molar-refractivity contribution in [2.24, 2.45) is 0 Å². The van der Waals surface area contributed by atoms with Gasteiger partial charge in [-0.3, -0.25) is 14.6 Å². The number of carbonyl (C=O) groups excluding carboxylic acids is 1. The molecule has 1 N–H and O–H groups in total. The Kier molecular flexibility index (Phi) is 2.09. The van der Waals surface area contributed by atoms with Gasteiger partial charge in [-0.2, -0.15) is 0 Å². The Balaban J connectivity index is 3.32. The van der Waals surface area contributed by atoms with Gasteiger partial charge in [-0.25, -0.2) is 4.79 Å². The molecule has 0 aliphatic heterocycles. The topological polar surface area (TPSA) is 81.2 Å². The number of aromatic nitrogens is 2. The van der Waals surface area contributed by atoms with Crippen molar-refractivity contribution in [2.45, 2.75) is 6.92 Å². The van der Waals surface area contributed by atoms with Crippen LogP contribution in [0.4, 0.5) is 0 Å². The fourth-order valence-corrected chi connectivity index (χ4v) is 0.669. The minimum atomic E-state index is -0.780. The molecule has 0 aliphatic rings. The van der Waals surface area contributed by atoms with E-state index in [1.807, 2.05) is 4.98 Å². The van der Waals surface area contributed by atoms with Crippen molar-refractivity contribution in [3.8, 4) is 0 Å². The average Bonchev–Trinajstić information content (AvgIpc) is 2.01. The largest absolute Gasteiger partial charge is 0.361 e. The molecule has 12 heavy (non-hydrogen) atoms. The average molecular weight is 170 g/mol. The summed E-state index contributed by atoms with van der Waals surface area (Å²) >= 11 is 0. The third-order valence-electron chi connectivity index (χ3n) is 1.25. The number of aryl methyl sites for hydroxylation is 1. The fourth-order valence-electron chi connectivity index (χ4n) is 0.669. The summed E-state index contributed by atoms with van der Waals surface area (Å²) in [5, 5.41) is 0. The van der Waals surface area contributed by atoms with Gasteiger partial charge < -0.3 is 4.84 Å². The van der Waals surface area contributed by atoms with Gasteiger partial charge in [0.1, 0.15) is 0 Å². The molecule has 1 heterocycles. The molecule has 0 saturated heterocycles. The monoisotopic (exact) mass is 170 g/mol. The van der Waals surface area contributed by atoms with E-state index in [9.17, 15) is 14.4 Å². The zero-order valence-corrected chi connectivity index (χ0v) is 6.23. The number of carbonyl (C=O) groups is 1. The van der Waals surface area contributed by atoms with E-state index in [0.29, 0.717) is 4.73 Å². The standard InChI is InChI=1S/C6H6N2O4/c1-4-2-8(12-3-9)6(11)7-5(4)10/h2-3H,1H3,(H,7,10,11). The zero-order chi connectivity index (χ0) is 9.14. The highest BCUT2D eigenvalue weighted by Gasteiger charge is 1.99. The molecule has 6 nitrogen and oxygen atoms in total. The molecule has 0 amide bonds. The van der Waals surface area contributed by atoms with Gasteiger partial charge in [0, 0.05) is 5.56 Å². The van der Waals surface area contributed by atoms with E-state index in [2.05, 4.69) is 4.84 Å². The van der Waals surface area contributed by atoms with Crippen molar-refractivity contribution in [3.05, 3.63) is 32.6 Å². The third kappa shape index (κ3) is 1.42. The van der Waals surface area contributed by atoms with Crippen LogP contribution in [0, 0.1) is 6.92 Å². The third-order valence-corrected chi connectivity index (χ3v) is 1.25. The molecule has 6 heteroatoms. The van der Waals surface area contributed by atoms with Crippen LogP contribution in [0.25, 0.3) is 0 Å². The molecule has 0 radical (unpaired) electrons. The maximum absolute atomic E-state index is 10.8. The number of hydrogen-bond donors (Lipinski definition) is 1. The minimum absolute atomic E-state index is 0.0964. The van der Waals surface area contributed by atoms with Crippen molar-refractivity contribution in [3.63, 3.8) is 0 Å². The molecule has 64 valence electrons. The Morgan fingerprint density at radius 1 is 1.58 bits per heavy atom. The van der Waals surface area contributed by atoms with Crippen LogP contribution in [0.5, 0.6) is 0 Å². The first-order chi connectivity index (χ1) is 5.65. The molecule has 0 atom stereocenters. The SMILES string of the molecule is Cc1cn(OC=O)c(=O)[nH]c1=O. The van der Waals surface area contributed by atoms with Crippen molar-refractivity contribution in [2.75, 3.05) is 0 Å². The van der Waals surface area contributed by atoms with Crippen molar-refractivity contribution < 1.29 is 9.63 Å². The van der Waals surface area contributed by atoms with E-state index in [4.69, 9.17) is 0 Å². The number of aromatic amines is 1. The Hall–Kier alpha value is -1.85. The first kappa shape index (κ1) is 8.25. The minimum Gasteiger partial charge on any atom is -0.336 e. The van der Waals surface area contributed by atoms with Gasteiger partial charge in [0.25, 0.3) is 5.56 Å². The van der Waals surface area contributed by atoms with Gasteiger partial charge in [-0.05, 0) is 6.92 Å². The van der Waals surface area contributed by atoms with Crippen molar-refractivity contribution in [1.82, 2.24) is 9.71 Å². The van der Waals surface area contributed by atoms with Crippen molar-refractivity contribution in [1.29, 1.82) is 0 Å². The molecule has 1 rings (SSSR count). The predicted molar refractivity (Wildman–Crippen MR) is 38.7 cm³/mol. The van der Waals surface area contributed by atoms with Crippen LogP contribution < -0.4 is 16.1 Å². The lowest BCUT2D eigenvalue weighted by Crippen LogP contribution is -2.34. The zero-order valence-electron chi connectivity index (χ0n) is 6.23. The summed E-state index contributed by atoms with van der Waals surface area (Å²) in [6.07, 6.45) is 1.13. The highest BCUT2D eigenvalue weighted by Crippen LogP contribution is 1.79. The highest BCUT2D eigenvalue weighted by molar-refractivity contribution is 5.37. The Morgan fingerprint density at radius 3 is 2.83 bits per heavy atom. The fraction of sp³-hybridized carbons (Fsp3) is 0.167. The number of rotatable bonds is 2. The molecule has 0 aliphatic carbocycles. The molecule has 1 aromatic heterocycles. The maximum Gasteiger partial charge on any atom is 0.361 e. The quantitative estimate of drug-likeness (QED) is 0.543. The second-order valence-corrected chi connectivity index (χ2v) is 2.10. The van der Waals surface area contributed by atoms with Gasteiger partial charge in [0.2, 0.25) is 0 Å². The van der Waals surface area contributed by atoms with Crippen LogP contribution in [0.3, 0.4) is 0 Å². The summed E-state index contributed by atoms with van der Waals surface area (Å²) in [7, 11) is 0. The van der Waals surface area contributed by atoms with E-state index in [1.165, 1.54) is 6.92 Å². The molecule has 1 aromatic rings. The van der Waals surface area contributed by atoms with Crippen LogP contribution >= 0.6 is 0 Å². The summed E-state index contributed by atoms with van der Waals surface area (Å²) in [6, 6.07) is 0. The molecule has 0 unspecified atom stereocenters. The highest BCUT2D eigenvalue weighted by atomic mass is 16.7.